The fraction of sp³-hybridized carbons (Fsp3) is 0.467. The summed E-state index contributed by atoms with van der Waals surface area (Å²) in [7, 11) is 0. The molecule has 120 valence electrons. The average Bonchev–Trinajstić information content (AvgIpc) is 3.27. The minimum absolute atomic E-state index is 0.0283. The van der Waals surface area contributed by atoms with Crippen LogP contribution in [0.2, 0.25) is 0 Å². The summed E-state index contributed by atoms with van der Waals surface area (Å²) in [6, 6.07) is 2.01. The highest BCUT2D eigenvalue weighted by atomic mass is 32.1. The van der Waals surface area contributed by atoms with Crippen molar-refractivity contribution in [1.29, 1.82) is 0 Å². The van der Waals surface area contributed by atoms with Gasteiger partial charge in [-0.2, -0.15) is 4.98 Å². The molecule has 3 aromatic rings. The lowest BCUT2D eigenvalue weighted by Gasteiger charge is -2.05. The summed E-state index contributed by atoms with van der Waals surface area (Å²) in [5, 5.41) is 9.40. The second kappa shape index (κ2) is 6.21. The molecular formula is C15H17N5O2S. The van der Waals surface area contributed by atoms with Gasteiger partial charge in [-0.25, -0.2) is 9.97 Å². The Kier molecular flexibility index (Phi) is 3.92. The molecule has 1 aliphatic rings. The van der Waals surface area contributed by atoms with Crippen molar-refractivity contribution in [3.8, 4) is 0 Å². The number of nitrogens with zero attached hydrogens (tertiary/aromatic N) is 4. The Bertz CT molecular complexity index is 809. The third-order valence-electron chi connectivity index (χ3n) is 3.75. The van der Waals surface area contributed by atoms with Crippen LogP contribution in [0.1, 0.15) is 36.5 Å². The lowest BCUT2D eigenvalue weighted by molar-refractivity contribution is 0.0835. The number of fused-ring (bicyclic) bond motifs is 1. The Morgan fingerprint density at radius 2 is 2.30 bits per heavy atom. The number of thiophene rings is 1. The average molecular weight is 331 g/mol. The van der Waals surface area contributed by atoms with Crippen LogP contribution in [-0.4, -0.2) is 33.3 Å². The largest absolute Gasteiger partial charge is 0.368 e. The van der Waals surface area contributed by atoms with Crippen molar-refractivity contribution in [3.05, 3.63) is 29.0 Å². The first-order valence-corrected chi connectivity index (χ1v) is 8.57. The van der Waals surface area contributed by atoms with Crippen molar-refractivity contribution >= 4 is 27.4 Å². The molecule has 0 radical (unpaired) electrons. The smallest absolute Gasteiger partial charge is 0.255 e. The number of ether oxygens (including phenoxy) is 1. The van der Waals surface area contributed by atoms with E-state index in [9.17, 15) is 0 Å². The highest BCUT2D eigenvalue weighted by molar-refractivity contribution is 7.17. The van der Waals surface area contributed by atoms with E-state index >= 15 is 0 Å². The molecule has 0 saturated carbocycles. The van der Waals surface area contributed by atoms with Crippen molar-refractivity contribution in [2.45, 2.75) is 32.3 Å². The predicted octanol–water partition coefficient (Wildman–Crippen LogP) is 2.89. The first-order chi connectivity index (χ1) is 11.3. The molecule has 0 bridgehead atoms. The molecule has 1 fully saturated rings. The topological polar surface area (TPSA) is 86.0 Å². The number of hydrogen-bond donors (Lipinski definition) is 1. The van der Waals surface area contributed by atoms with Gasteiger partial charge in [-0.05, 0) is 31.2 Å². The summed E-state index contributed by atoms with van der Waals surface area (Å²) < 4.78 is 11.9. The van der Waals surface area contributed by atoms with E-state index in [1.807, 2.05) is 18.4 Å². The van der Waals surface area contributed by atoms with E-state index < -0.39 is 0 Å². The Labute approximate surface area is 137 Å². The van der Waals surface area contributed by atoms with E-state index in [0.717, 1.165) is 41.3 Å². The molecule has 1 atom stereocenters. The fourth-order valence-electron chi connectivity index (χ4n) is 2.66. The molecule has 1 N–H and O–H groups in total. The molecule has 4 heterocycles. The van der Waals surface area contributed by atoms with E-state index in [2.05, 4.69) is 25.4 Å². The van der Waals surface area contributed by atoms with Crippen LogP contribution in [0, 0.1) is 6.92 Å². The van der Waals surface area contributed by atoms with Gasteiger partial charge in [0.25, 0.3) is 5.89 Å². The monoisotopic (exact) mass is 331 g/mol. The normalized spacial score (nSPS) is 17.9. The molecule has 0 spiro atoms. The van der Waals surface area contributed by atoms with Crippen LogP contribution < -0.4 is 5.32 Å². The number of hydrogen-bond acceptors (Lipinski definition) is 8. The quantitative estimate of drug-likeness (QED) is 0.769. The van der Waals surface area contributed by atoms with E-state index in [0.29, 0.717) is 24.7 Å². The second-order valence-corrected chi connectivity index (χ2v) is 6.40. The summed E-state index contributed by atoms with van der Waals surface area (Å²) in [5.74, 6) is 2.91. The zero-order valence-corrected chi connectivity index (χ0v) is 13.6. The van der Waals surface area contributed by atoms with Gasteiger partial charge in [0.15, 0.2) is 5.82 Å². The summed E-state index contributed by atoms with van der Waals surface area (Å²) in [6.45, 7) is 3.36. The molecule has 0 unspecified atom stereocenters. The van der Waals surface area contributed by atoms with Crippen LogP contribution in [-0.2, 0) is 11.2 Å². The first kappa shape index (κ1) is 14.5. The SMILES string of the molecule is Cc1nc(NCCc2noc([C@H]3CCCO3)n2)c2sccc2n1. The second-order valence-electron chi connectivity index (χ2n) is 5.48. The Morgan fingerprint density at radius 1 is 1.35 bits per heavy atom. The zero-order valence-electron chi connectivity index (χ0n) is 12.8. The van der Waals surface area contributed by atoms with Gasteiger partial charge >= 0.3 is 0 Å². The number of aromatic nitrogens is 4. The highest BCUT2D eigenvalue weighted by Gasteiger charge is 2.23. The molecule has 0 aromatic carbocycles. The third kappa shape index (κ3) is 3.04. The van der Waals surface area contributed by atoms with Crippen molar-refractivity contribution in [2.24, 2.45) is 0 Å². The summed E-state index contributed by atoms with van der Waals surface area (Å²) >= 11 is 1.64. The highest BCUT2D eigenvalue weighted by Crippen LogP contribution is 2.27. The molecule has 8 heteroatoms. The lowest BCUT2D eigenvalue weighted by Crippen LogP contribution is -2.08. The van der Waals surface area contributed by atoms with Crippen LogP contribution in [0.4, 0.5) is 5.82 Å². The van der Waals surface area contributed by atoms with E-state index in [1.165, 1.54) is 0 Å². The number of aryl methyl sites for hydroxylation is 1. The first-order valence-electron chi connectivity index (χ1n) is 7.69. The van der Waals surface area contributed by atoms with E-state index in [4.69, 9.17) is 9.26 Å². The maximum Gasteiger partial charge on any atom is 0.255 e. The number of anilines is 1. The van der Waals surface area contributed by atoms with E-state index in [1.54, 1.807) is 11.3 Å². The van der Waals surface area contributed by atoms with Crippen LogP contribution in [0.5, 0.6) is 0 Å². The van der Waals surface area contributed by atoms with Gasteiger partial charge in [0.2, 0.25) is 0 Å². The molecule has 0 aliphatic carbocycles. The number of rotatable bonds is 5. The molecule has 4 rings (SSSR count). The van der Waals surface area contributed by atoms with Gasteiger partial charge in [-0.15, -0.1) is 11.3 Å². The van der Waals surface area contributed by atoms with Crippen LogP contribution in [0.25, 0.3) is 10.2 Å². The van der Waals surface area contributed by atoms with Gasteiger partial charge in [-0.1, -0.05) is 5.16 Å². The maximum absolute atomic E-state index is 5.55. The van der Waals surface area contributed by atoms with Crippen molar-refractivity contribution in [3.63, 3.8) is 0 Å². The molecule has 23 heavy (non-hydrogen) atoms. The van der Waals surface area contributed by atoms with Crippen molar-refractivity contribution in [1.82, 2.24) is 20.1 Å². The summed E-state index contributed by atoms with van der Waals surface area (Å²) in [6.07, 6.45) is 2.65. The standard InChI is InChI=1S/C15H17N5O2S/c1-9-17-10-5-8-23-13(10)14(18-9)16-6-4-12-19-15(22-20-12)11-3-2-7-21-11/h5,8,11H,2-4,6-7H2,1H3,(H,16,17,18)/t11-/m1/s1. The lowest BCUT2D eigenvalue weighted by atomic mass is 10.2. The molecule has 0 amide bonds. The van der Waals surface area contributed by atoms with Gasteiger partial charge in [0, 0.05) is 19.6 Å². The fourth-order valence-corrected chi connectivity index (χ4v) is 3.46. The predicted molar refractivity (Wildman–Crippen MR) is 86.6 cm³/mol. The van der Waals surface area contributed by atoms with Gasteiger partial charge in [0.05, 0.1) is 10.2 Å². The Balaban J connectivity index is 1.40. The van der Waals surface area contributed by atoms with Gasteiger partial charge in [0.1, 0.15) is 17.7 Å². The van der Waals surface area contributed by atoms with Crippen molar-refractivity contribution < 1.29 is 9.26 Å². The Hall–Kier alpha value is -2.06. The van der Waals surface area contributed by atoms with Gasteiger partial charge in [-0.3, -0.25) is 0 Å². The molecule has 1 aliphatic heterocycles. The van der Waals surface area contributed by atoms with Crippen LogP contribution in [0.15, 0.2) is 16.0 Å². The molecule has 7 nitrogen and oxygen atoms in total. The van der Waals surface area contributed by atoms with Crippen molar-refractivity contribution in [2.75, 3.05) is 18.5 Å². The summed E-state index contributed by atoms with van der Waals surface area (Å²) in [4.78, 5) is 13.3. The molecular weight excluding hydrogens is 314 g/mol. The van der Waals surface area contributed by atoms with Crippen LogP contribution >= 0.6 is 11.3 Å². The van der Waals surface area contributed by atoms with E-state index in [-0.39, 0.29) is 6.10 Å². The van der Waals surface area contributed by atoms with Crippen LogP contribution in [0.3, 0.4) is 0 Å². The minimum Gasteiger partial charge on any atom is -0.368 e. The zero-order chi connectivity index (χ0) is 15.6. The van der Waals surface area contributed by atoms with Gasteiger partial charge < -0.3 is 14.6 Å². The molecule has 1 saturated heterocycles. The number of nitrogens with one attached hydrogen (secondary N) is 1. The summed E-state index contributed by atoms with van der Waals surface area (Å²) in [5.41, 5.74) is 0.977. The maximum atomic E-state index is 5.55. The minimum atomic E-state index is -0.0283. The third-order valence-corrected chi connectivity index (χ3v) is 4.66. The Morgan fingerprint density at radius 3 is 3.17 bits per heavy atom. The molecule has 3 aromatic heterocycles.